The number of thiocarbonyl (C=S) groups is 1. The van der Waals surface area contributed by atoms with Gasteiger partial charge in [0.15, 0.2) is 5.11 Å². The minimum atomic E-state index is -4.81. The van der Waals surface area contributed by atoms with Gasteiger partial charge in [-0.1, -0.05) is 17.7 Å². The number of piperazine rings is 1. The lowest BCUT2D eigenvalue weighted by molar-refractivity contribution is -0.138. The number of ether oxygens (including phenoxy) is 1. The normalized spacial score (nSPS) is 19.6. The fraction of sp³-hybridized carbons (Fsp3) is 0.385. The number of nitriles is 1. The van der Waals surface area contributed by atoms with E-state index in [-0.39, 0.29) is 40.0 Å². The number of imide groups is 1. The predicted octanol–water partition coefficient (Wildman–Crippen LogP) is 5.39. The van der Waals surface area contributed by atoms with E-state index in [1.165, 1.54) is 17.0 Å². The Morgan fingerprint density at radius 1 is 1.05 bits per heavy atom. The average Bonchev–Trinajstić information content (AvgIpc) is 3.34. The minimum Gasteiger partial charge on any atom is -0.491 e. The van der Waals surface area contributed by atoms with Crippen LogP contribution in [0.2, 0.25) is 5.02 Å². The van der Waals surface area contributed by atoms with Crippen LogP contribution in [-0.2, 0) is 25.4 Å². The zero-order valence-corrected chi connectivity index (χ0v) is 32.9. The summed E-state index contributed by atoms with van der Waals surface area (Å²) in [7, 11) is 0. The smallest absolute Gasteiger partial charge is 0.417 e. The maximum absolute atomic E-state index is 13.7. The maximum atomic E-state index is 13.7. The highest BCUT2D eigenvalue weighted by Gasteiger charge is 2.51. The topological polar surface area (TPSA) is 150 Å². The molecule has 6 rings (SSSR count). The third-order valence-electron chi connectivity index (χ3n) is 10.2. The molecule has 3 N–H and O–H groups in total. The number of nitrogens with one attached hydrogen (secondary N) is 3. The van der Waals surface area contributed by atoms with Crippen LogP contribution in [0.5, 0.6) is 5.75 Å². The molecule has 3 aliphatic heterocycles. The molecule has 4 amide bonds. The second kappa shape index (κ2) is 16.7. The Hall–Kier alpha value is -5.28. The third-order valence-corrected chi connectivity index (χ3v) is 10.9. The lowest BCUT2D eigenvalue weighted by Crippen LogP contribution is -2.53. The van der Waals surface area contributed by atoms with Crippen LogP contribution in [0.15, 0.2) is 60.7 Å². The molecule has 3 aliphatic rings. The van der Waals surface area contributed by atoms with Gasteiger partial charge in [0.2, 0.25) is 17.7 Å². The molecule has 2 atom stereocenters. The van der Waals surface area contributed by atoms with Crippen molar-refractivity contribution in [1.29, 1.82) is 5.26 Å². The van der Waals surface area contributed by atoms with E-state index < -0.39 is 40.8 Å². The zero-order valence-electron chi connectivity index (χ0n) is 31.3. The Labute approximate surface area is 337 Å². The molecule has 18 heteroatoms. The summed E-state index contributed by atoms with van der Waals surface area (Å²) in [6.07, 6.45) is -4.17. The monoisotopic (exact) mass is 824 g/mol. The number of halogens is 4. The number of hydrogen-bond acceptors (Lipinski definition) is 10. The first-order valence-electron chi connectivity index (χ1n) is 18.2. The van der Waals surface area contributed by atoms with E-state index in [0.29, 0.717) is 68.6 Å². The largest absolute Gasteiger partial charge is 0.491 e. The molecule has 0 saturated carbocycles. The highest BCUT2D eigenvalue weighted by Crippen LogP contribution is 2.41. The first-order chi connectivity index (χ1) is 27.0. The van der Waals surface area contributed by atoms with Crippen molar-refractivity contribution in [2.75, 3.05) is 59.8 Å². The average molecular weight is 825 g/mol. The van der Waals surface area contributed by atoms with Gasteiger partial charge in [-0.25, -0.2) is 0 Å². The van der Waals surface area contributed by atoms with E-state index >= 15 is 0 Å². The standard InChI is InChI=1S/C39H40ClF3N8O5S/c1-23(34(53)46-26-6-4-5-25(19-26)45-31-10-12-33(52)47-35(31)54)49-15-13-48(14-16-49)17-18-56-32-11-9-28(21-30(32)40)51-37(57)50(36(55)38(51,2)3)27-8-7-24(22-44)29(20-27)39(41,42)43/h4-9,11,19-21,23,31,45H,10,12-18H2,1-3H3,(H,46,53)(H,47,52,54)/t23-,31?/m1/s1. The highest BCUT2D eigenvalue weighted by atomic mass is 35.5. The van der Waals surface area contributed by atoms with Crippen molar-refractivity contribution in [1.82, 2.24) is 15.1 Å². The molecule has 300 valence electrons. The number of nitrogens with zero attached hydrogens (tertiary/aromatic N) is 5. The lowest BCUT2D eigenvalue weighted by atomic mass is 10.0. The van der Waals surface area contributed by atoms with E-state index in [1.807, 2.05) is 6.92 Å². The quantitative estimate of drug-likeness (QED) is 0.169. The molecule has 0 aromatic heterocycles. The van der Waals surface area contributed by atoms with E-state index in [1.54, 1.807) is 56.3 Å². The summed E-state index contributed by atoms with van der Waals surface area (Å²) in [5.41, 5.74) is -1.45. The number of carbonyl (C=O) groups is 4. The molecule has 0 bridgehead atoms. The van der Waals surface area contributed by atoms with Gasteiger partial charge in [0.05, 0.1) is 33.9 Å². The summed E-state index contributed by atoms with van der Waals surface area (Å²) in [6.45, 7) is 8.69. The van der Waals surface area contributed by atoms with Gasteiger partial charge >= 0.3 is 6.18 Å². The lowest BCUT2D eigenvalue weighted by Gasteiger charge is -2.37. The Kier molecular flexibility index (Phi) is 12.1. The second-order valence-electron chi connectivity index (χ2n) is 14.4. The predicted molar refractivity (Wildman–Crippen MR) is 212 cm³/mol. The van der Waals surface area contributed by atoms with Crippen LogP contribution in [0.1, 0.15) is 44.7 Å². The van der Waals surface area contributed by atoms with Crippen LogP contribution in [0.4, 0.5) is 35.9 Å². The first-order valence-corrected chi connectivity index (χ1v) is 19.0. The van der Waals surface area contributed by atoms with Crippen molar-refractivity contribution in [3.8, 4) is 11.8 Å². The fourth-order valence-corrected chi connectivity index (χ4v) is 7.75. The number of rotatable bonds is 11. The van der Waals surface area contributed by atoms with Gasteiger partial charge in [-0.15, -0.1) is 0 Å². The molecular formula is C39H40ClF3N8O5S. The van der Waals surface area contributed by atoms with Gasteiger partial charge in [0, 0.05) is 56.2 Å². The van der Waals surface area contributed by atoms with Crippen LogP contribution in [0.25, 0.3) is 0 Å². The molecule has 0 aliphatic carbocycles. The Balaban J connectivity index is 0.991. The van der Waals surface area contributed by atoms with Crippen LogP contribution in [-0.4, -0.2) is 95.5 Å². The van der Waals surface area contributed by atoms with Gasteiger partial charge in [0.25, 0.3) is 5.91 Å². The number of carbonyl (C=O) groups excluding carboxylic acids is 4. The van der Waals surface area contributed by atoms with Crippen molar-refractivity contribution in [2.45, 2.75) is 57.4 Å². The molecule has 0 radical (unpaired) electrons. The summed E-state index contributed by atoms with van der Waals surface area (Å²) in [6, 6.07) is 15.6. The van der Waals surface area contributed by atoms with Crippen molar-refractivity contribution in [2.24, 2.45) is 0 Å². The molecule has 0 spiro atoms. The fourth-order valence-electron chi connectivity index (χ4n) is 7.00. The minimum absolute atomic E-state index is 0.0490. The second-order valence-corrected chi connectivity index (χ2v) is 15.2. The Bertz CT molecular complexity index is 2140. The third kappa shape index (κ3) is 8.99. The Morgan fingerprint density at radius 2 is 1.75 bits per heavy atom. The number of amides is 4. The van der Waals surface area contributed by atoms with E-state index in [0.717, 1.165) is 17.0 Å². The van der Waals surface area contributed by atoms with Crippen LogP contribution in [0.3, 0.4) is 0 Å². The summed E-state index contributed by atoms with van der Waals surface area (Å²) in [5, 5.41) is 17.8. The van der Waals surface area contributed by atoms with Gasteiger partial charge in [-0.3, -0.25) is 39.2 Å². The Morgan fingerprint density at radius 3 is 2.42 bits per heavy atom. The molecule has 1 unspecified atom stereocenters. The highest BCUT2D eigenvalue weighted by molar-refractivity contribution is 7.81. The van der Waals surface area contributed by atoms with Gasteiger partial charge in [0.1, 0.15) is 23.9 Å². The molecule has 3 fully saturated rings. The van der Waals surface area contributed by atoms with E-state index in [4.69, 9.17) is 28.6 Å². The van der Waals surface area contributed by atoms with Crippen molar-refractivity contribution in [3.63, 3.8) is 0 Å². The summed E-state index contributed by atoms with van der Waals surface area (Å²) in [4.78, 5) is 57.2. The number of piperidine rings is 1. The van der Waals surface area contributed by atoms with Gasteiger partial charge in [-0.2, -0.15) is 18.4 Å². The van der Waals surface area contributed by atoms with Crippen molar-refractivity contribution in [3.05, 3.63) is 76.8 Å². The zero-order chi connectivity index (χ0) is 41.2. The molecular weight excluding hydrogens is 785 g/mol. The van der Waals surface area contributed by atoms with E-state index in [9.17, 15) is 37.6 Å². The maximum Gasteiger partial charge on any atom is 0.417 e. The van der Waals surface area contributed by atoms with Crippen molar-refractivity contribution < 1.29 is 37.1 Å². The summed E-state index contributed by atoms with van der Waals surface area (Å²) in [5.74, 6) is -0.985. The van der Waals surface area contributed by atoms with Crippen LogP contribution >= 0.6 is 23.8 Å². The molecule has 3 saturated heterocycles. The molecule has 3 aromatic rings. The summed E-state index contributed by atoms with van der Waals surface area (Å²) >= 11 is 12.3. The van der Waals surface area contributed by atoms with Gasteiger partial charge in [-0.05, 0) is 94.0 Å². The first kappa shape index (κ1) is 41.4. The van der Waals surface area contributed by atoms with Gasteiger partial charge < -0.3 is 20.3 Å². The van der Waals surface area contributed by atoms with E-state index in [2.05, 4.69) is 25.8 Å². The molecule has 3 aromatic carbocycles. The summed E-state index contributed by atoms with van der Waals surface area (Å²) < 4.78 is 47.2. The molecule has 57 heavy (non-hydrogen) atoms. The number of hydrogen-bond donors (Lipinski definition) is 3. The SMILES string of the molecule is C[C@H](C(=O)Nc1cccc(NC2CCC(=O)NC2=O)c1)N1CCN(CCOc2ccc(N3C(=S)N(c4ccc(C#N)c(C(F)(F)F)c4)C(=O)C3(C)C)cc2Cl)CC1. The van der Waals surface area contributed by atoms with Crippen LogP contribution < -0.4 is 30.5 Å². The number of benzene rings is 3. The molecule has 3 heterocycles. The number of alkyl halides is 3. The van der Waals surface area contributed by atoms with Crippen molar-refractivity contribution >= 4 is 75.3 Å². The number of anilines is 4. The van der Waals surface area contributed by atoms with Crippen LogP contribution in [0, 0.1) is 11.3 Å². The molecule has 13 nitrogen and oxygen atoms in total.